The van der Waals surface area contributed by atoms with Gasteiger partial charge in [0.2, 0.25) is 0 Å². The molecule has 4 heterocycles. The second kappa shape index (κ2) is 9.46. The first-order valence-corrected chi connectivity index (χ1v) is 11.5. The van der Waals surface area contributed by atoms with Gasteiger partial charge in [-0.1, -0.05) is 25.1 Å². The molecule has 0 saturated carbocycles. The van der Waals surface area contributed by atoms with E-state index in [1.165, 1.54) is 6.33 Å². The van der Waals surface area contributed by atoms with Crippen molar-refractivity contribution in [3.63, 3.8) is 0 Å². The third kappa shape index (κ3) is 4.16. The lowest BCUT2D eigenvalue weighted by atomic mass is 10.0. The van der Waals surface area contributed by atoms with Crippen molar-refractivity contribution < 1.29 is 15.8 Å². The summed E-state index contributed by atoms with van der Waals surface area (Å²) < 4.78 is 0. The average molecular weight is 471 g/mol. The molecular weight excluding hydrogens is 444 g/mol. The minimum Gasteiger partial charge on any atom is -0.359 e. The Bertz CT molecular complexity index is 1390. The fourth-order valence-electron chi connectivity index (χ4n) is 4.55. The fraction of sp³-hybridized carbons (Fsp3) is 0.231. The van der Waals surface area contributed by atoms with Crippen molar-refractivity contribution in [2.24, 2.45) is 0 Å². The molecule has 0 radical (unpaired) electrons. The number of hydrogen-bond acceptors (Lipinski definition) is 6. The largest absolute Gasteiger partial charge is 0.359 e. The van der Waals surface area contributed by atoms with Crippen LogP contribution < -0.4 is 0 Å². The van der Waals surface area contributed by atoms with E-state index in [2.05, 4.69) is 19.9 Å². The highest BCUT2D eigenvalue weighted by atomic mass is 16.2. The van der Waals surface area contributed by atoms with E-state index in [1.54, 1.807) is 52.8 Å². The molecule has 1 aliphatic rings. The molecule has 3 aromatic heterocycles. The van der Waals surface area contributed by atoms with Crippen LogP contribution in [-0.4, -0.2) is 73.0 Å². The molecule has 35 heavy (non-hydrogen) atoms. The highest BCUT2D eigenvalue weighted by molar-refractivity contribution is 6.45. The quantitative estimate of drug-likeness (QED) is 0.354. The van der Waals surface area contributed by atoms with Gasteiger partial charge in [0.1, 0.15) is 6.33 Å². The number of carbonyl (C=O) groups excluding carboxylic acids is 3. The molecule has 9 nitrogen and oxygen atoms in total. The number of Topliss-reactive ketones (excluding diaryl/α,β-unsaturated/α-hetero) is 1. The topological polar surface area (TPSA) is 112 Å². The number of nitrogens with zero attached hydrogens (tertiary/aromatic N) is 5. The molecule has 0 spiro atoms. The second-order valence-electron chi connectivity index (χ2n) is 8.42. The van der Waals surface area contributed by atoms with Crippen molar-refractivity contribution in [3.05, 3.63) is 78.6 Å². The van der Waals surface area contributed by atoms with E-state index in [9.17, 15) is 14.4 Å². The fourth-order valence-corrected chi connectivity index (χ4v) is 4.55. The molecule has 1 atom stereocenters. The maximum atomic E-state index is 13.3. The number of hydrogen-bond donors (Lipinski definition) is 1. The number of fused-ring (bicyclic) bond motifs is 1. The van der Waals surface area contributed by atoms with E-state index < -0.39 is 11.7 Å². The first-order valence-electron chi connectivity index (χ1n) is 11.5. The number of ketones is 1. The van der Waals surface area contributed by atoms with E-state index in [0.717, 1.165) is 0 Å². The molecule has 0 aliphatic carbocycles. The number of pyridine rings is 1. The predicted molar refractivity (Wildman–Crippen MR) is 132 cm³/mol. The van der Waals surface area contributed by atoms with Gasteiger partial charge >= 0.3 is 0 Å². The first-order chi connectivity index (χ1) is 17.1. The smallest absolute Gasteiger partial charge is 0.295 e. The third-order valence-electron chi connectivity index (χ3n) is 6.40. The van der Waals surface area contributed by atoms with Crippen molar-refractivity contribution in [3.8, 4) is 11.3 Å². The number of piperazine rings is 1. The standard InChI is InChI=1S/C26H24N6O3.H2/c1-2-19-15-31(25(34)17-6-4-3-5-7-17)10-11-32(19)26(35)24(33)21-14-30-23-20(21)8-9-29-22(23)18-12-27-16-28-13-18;/h3-9,12-14,16,19,30H,2,10-11,15H2,1H3;1H/t19-;/m1./s1. The number of nitrogens with one attached hydrogen (secondary N) is 1. The molecule has 1 fully saturated rings. The Balaban J connectivity index is 0.00000304. The van der Waals surface area contributed by atoms with Gasteiger partial charge in [0, 0.05) is 68.4 Å². The van der Waals surface area contributed by atoms with Crippen LogP contribution in [0.5, 0.6) is 0 Å². The van der Waals surface area contributed by atoms with Crippen LogP contribution in [-0.2, 0) is 4.79 Å². The molecule has 1 saturated heterocycles. The first kappa shape index (κ1) is 22.4. The SMILES string of the molecule is CC[C@@H]1CN(C(=O)c2ccccc2)CCN1C(=O)C(=O)c1c[nH]c2c(-c3cncnc3)nccc12.[HH]. The molecule has 5 rings (SSSR count). The van der Waals surface area contributed by atoms with Gasteiger partial charge in [0.15, 0.2) is 0 Å². The summed E-state index contributed by atoms with van der Waals surface area (Å²) in [6, 6.07) is 10.6. The van der Waals surface area contributed by atoms with Crippen LogP contribution in [0.4, 0.5) is 0 Å². The minimum absolute atomic E-state index is 0. The van der Waals surface area contributed by atoms with Crippen LogP contribution in [0.3, 0.4) is 0 Å². The van der Waals surface area contributed by atoms with Crippen LogP contribution in [0.1, 0.15) is 35.5 Å². The number of rotatable bonds is 5. The van der Waals surface area contributed by atoms with Gasteiger partial charge in [0.05, 0.1) is 16.8 Å². The zero-order chi connectivity index (χ0) is 24.4. The van der Waals surface area contributed by atoms with Crippen LogP contribution in [0.2, 0.25) is 0 Å². The molecule has 0 bridgehead atoms. The van der Waals surface area contributed by atoms with Crippen molar-refractivity contribution in [2.45, 2.75) is 19.4 Å². The summed E-state index contributed by atoms with van der Waals surface area (Å²) in [6.07, 6.45) is 8.50. The molecular formula is C26H26N6O3. The lowest BCUT2D eigenvalue weighted by Gasteiger charge is -2.40. The van der Waals surface area contributed by atoms with Crippen LogP contribution in [0.25, 0.3) is 22.2 Å². The number of benzene rings is 1. The Kier molecular flexibility index (Phi) is 6.05. The number of aromatic amines is 1. The molecule has 1 aliphatic heterocycles. The molecule has 2 amide bonds. The zero-order valence-electron chi connectivity index (χ0n) is 19.2. The van der Waals surface area contributed by atoms with Crippen LogP contribution in [0, 0.1) is 0 Å². The molecule has 1 aromatic carbocycles. The van der Waals surface area contributed by atoms with Gasteiger partial charge in [-0.2, -0.15) is 0 Å². The summed E-state index contributed by atoms with van der Waals surface area (Å²) >= 11 is 0. The minimum atomic E-state index is -0.584. The molecule has 1 N–H and O–H groups in total. The Morgan fingerprint density at radius 1 is 1.09 bits per heavy atom. The van der Waals surface area contributed by atoms with Gasteiger partial charge in [-0.15, -0.1) is 0 Å². The highest BCUT2D eigenvalue weighted by Crippen LogP contribution is 2.28. The van der Waals surface area contributed by atoms with Crippen molar-refractivity contribution in [2.75, 3.05) is 19.6 Å². The molecule has 4 aromatic rings. The van der Waals surface area contributed by atoms with E-state index in [4.69, 9.17) is 0 Å². The Morgan fingerprint density at radius 3 is 2.60 bits per heavy atom. The molecule has 178 valence electrons. The Hall–Kier alpha value is -4.40. The second-order valence-corrected chi connectivity index (χ2v) is 8.42. The van der Waals surface area contributed by atoms with Gasteiger partial charge in [-0.25, -0.2) is 9.97 Å². The summed E-state index contributed by atoms with van der Waals surface area (Å²) in [5.74, 6) is -1.21. The predicted octanol–water partition coefficient (Wildman–Crippen LogP) is 3.21. The van der Waals surface area contributed by atoms with Gasteiger partial charge in [-0.05, 0) is 24.6 Å². The maximum Gasteiger partial charge on any atom is 0.295 e. The van der Waals surface area contributed by atoms with Gasteiger partial charge in [-0.3, -0.25) is 19.4 Å². The summed E-state index contributed by atoms with van der Waals surface area (Å²) in [5.41, 5.74) is 2.86. The summed E-state index contributed by atoms with van der Waals surface area (Å²) in [6.45, 7) is 3.02. The number of aromatic nitrogens is 4. The molecule has 9 heteroatoms. The lowest BCUT2D eigenvalue weighted by Crippen LogP contribution is -2.57. The van der Waals surface area contributed by atoms with Crippen LogP contribution in [0.15, 0.2) is 67.5 Å². The molecule has 0 unspecified atom stereocenters. The van der Waals surface area contributed by atoms with E-state index in [0.29, 0.717) is 59.3 Å². The van der Waals surface area contributed by atoms with Crippen LogP contribution >= 0.6 is 0 Å². The average Bonchev–Trinajstić information content (AvgIpc) is 3.37. The Morgan fingerprint density at radius 2 is 1.86 bits per heavy atom. The highest BCUT2D eigenvalue weighted by Gasteiger charge is 2.35. The summed E-state index contributed by atoms with van der Waals surface area (Å²) in [4.78, 5) is 58.5. The maximum absolute atomic E-state index is 13.3. The zero-order valence-corrected chi connectivity index (χ0v) is 19.2. The summed E-state index contributed by atoms with van der Waals surface area (Å²) in [5, 5.41) is 0.614. The number of H-pyrrole nitrogens is 1. The van der Waals surface area contributed by atoms with E-state index in [-0.39, 0.29) is 13.4 Å². The number of carbonyl (C=O) groups is 3. The lowest BCUT2D eigenvalue weighted by molar-refractivity contribution is -0.130. The van der Waals surface area contributed by atoms with Crippen molar-refractivity contribution in [1.29, 1.82) is 0 Å². The normalized spacial score (nSPS) is 15.9. The van der Waals surface area contributed by atoms with Crippen molar-refractivity contribution >= 4 is 28.5 Å². The summed E-state index contributed by atoms with van der Waals surface area (Å²) in [7, 11) is 0. The van der Waals surface area contributed by atoms with Gasteiger partial charge < -0.3 is 14.8 Å². The monoisotopic (exact) mass is 470 g/mol. The van der Waals surface area contributed by atoms with E-state index in [1.807, 2.05) is 25.1 Å². The van der Waals surface area contributed by atoms with Crippen molar-refractivity contribution in [1.82, 2.24) is 29.7 Å². The Labute approximate surface area is 203 Å². The van der Waals surface area contributed by atoms with Gasteiger partial charge in [0.25, 0.3) is 17.6 Å². The van der Waals surface area contributed by atoms with E-state index >= 15 is 0 Å². The third-order valence-corrected chi connectivity index (χ3v) is 6.40. The number of amides is 2.